The van der Waals surface area contributed by atoms with E-state index in [0.29, 0.717) is 0 Å². The highest BCUT2D eigenvalue weighted by Crippen LogP contribution is 2.60. The summed E-state index contributed by atoms with van der Waals surface area (Å²) in [6, 6.07) is 20.5. The Morgan fingerprint density at radius 3 is 1.64 bits per heavy atom. The highest BCUT2D eigenvalue weighted by molar-refractivity contribution is 9.11. The molecule has 0 aromatic heterocycles. The largest absolute Gasteiger partial charge is 0.296 e. The average Bonchev–Trinajstić information content (AvgIpc) is 3.08. The van der Waals surface area contributed by atoms with Crippen LogP contribution in [0.5, 0.6) is 0 Å². The topological polar surface area (TPSA) is 49.4 Å². The molecule has 1 aliphatic heterocycles. The van der Waals surface area contributed by atoms with Crippen LogP contribution in [0.25, 0.3) is 6.08 Å². The van der Waals surface area contributed by atoms with E-state index in [0.717, 1.165) is 20.1 Å². The van der Waals surface area contributed by atoms with E-state index in [1.165, 1.54) is 27.3 Å². The molecule has 4 nitrogen and oxygen atoms in total. The molecule has 1 N–H and O–H groups in total. The number of rotatable bonds is 3. The lowest BCUT2D eigenvalue weighted by Crippen LogP contribution is -2.41. The first-order valence-corrected chi connectivity index (χ1v) is 12.5. The highest BCUT2D eigenvalue weighted by Gasteiger charge is 2.61. The number of imide groups is 1. The number of hydrogen-bond donors (Lipinski definition) is 1. The Labute approximate surface area is 208 Å². The Hall–Kier alpha value is -2.70. The Balaban J connectivity index is 1.35. The summed E-state index contributed by atoms with van der Waals surface area (Å²) in [5.41, 5.74) is 9.75. The molecule has 0 unspecified atom stereocenters. The lowest BCUT2D eigenvalue weighted by Gasteiger charge is -2.45. The monoisotopic (exact) mass is 562 g/mol. The molecule has 33 heavy (non-hydrogen) atoms. The maximum absolute atomic E-state index is 13.5. The molecule has 3 aromatic carbocycles. The summed E-state index contributed by atoms with van der Waals surface area (Å²) < 4.78 is 1.98. The van der Waals surface area contributed by atoms with Crippen molar-refractivity contribution in [2.24, 2.45) is 11.8 Å². The summed E-state index contributed by atoms with van der Waals surface area (Å²) >= 11 is 7.12. The second-order valence-electron chi connectivity index (χ2n) is 8.85. The van der Waals surface area contributed by atoms with Gasteiger partial charge in [0.1, 0.15) is 0 Å². The molecule has 0 radical (unpaired) electrons. The average molecular weight is 564 g/mol. The number of hydrogen-bond acceptors (Lipinski definition) is 3. The van der Waals surface area contributed by atoms with Gasteiger partial charge in [-0.05, 0) is 58.5 Å². The minimum Gasteiger partial charge on any atom is -0.296 e. The van der Waals surface area contributed by atoms with Crippen molar-refractivity contribution < 1.29 is 9.59 Å². The van der Waals surface area contributed by atoms with Gasteiger partial charge in [0.2, 0.25) is 0 Å². The van der Waals surface area contributed by atoms with Gasteiger partial charge in [-0.2, -0.15) is 5.01 Å². The van der Waals surface area contributed by atoms with Crippen LogP contribution in [0.15, 0.2) is 75.8 Å². The zero-order valence-corrected chi connectivity index (χ0v) is 20.9. The van der Waals surface area contributed by atoms with Crippen molar-refractivity contribution in [3.05, 3.63) is 109 Å². The van der Waals surface area contributed by atoms with Crippen LogP contribution in [0.4, 0.5) is 0 Å². The molecule has 1 fully saturated rings. The number of amides is 2. The molecular formula is C27H20Br2N2O2. The molecule has 0 spiro atoms. The summed E-state index contributed by atoms with van der Waals surface area (Å²) in [5.74, 6) is -1.25. The Kier molecular flexibility index (Phi) is 4.85. The first-order valence-electron chi connectivity index (χ1n) is 10.9. The van der Waals surface area contributed by atoms with Crippen molar-refractivity contribution in [2.75, 3.05) is 0 Å². The summed E-state index contributed by atoms with van der Waals surface area (Å²) in [4.78, 5) is 27.1. The van der Waals surface area contributed by atoms with Crippen LogP contribution < -0.4 is 5.43 Å². The number of benzene rings is 3. The number of hydrazine groups is 1. The van der Waals surface area contributed by atoms with Gasteiger partial charge in [-0.3, -0.25) is 15.0 Å². The van der Waals surface area contributed by atoms with E-state index in [2.05, 4.69) is 61.6 Å². The summed E-state index contributed by atoms with van der Waals surface area (Å²) in [6.45, 7) is 2.02. The van der Waals surface area contributed by atoms with Crippen molar-refractivity contribution in [2.45, 2.75) is 18.8 Å². The van der Waals surface area contributed by atoms with Crippen LogP contribution >= 0.6 is 31.9 Å². The van der Waals surface area contributed by atoms with Crippen LogP contribution in [0.1, 0.15) is 45.2 Å². The third-order valence-corrected chi connectivity index (χ3v) is 8.88. The van der Waals surface area contributed by atoms with E-state index in [4.69, 9.17) is 0 Å². The van der Waals surface area contributed by atoms with Gasteiger partial charge in [0.05, 0.1) is 11.8 Å². The molecule has 1 saturated heterocycles. The molecule has 2 atom stereocenters. The van der Waals surface area contributed by atoms with Gasteiger partial charge >= 0.3 is 0 Å². The van der Waals surface area contributed by atoms with E-state index in [-0.39, 0.29) is 35.5 Å². The molecule has 164 valence electrons. The second-order valence-corrected chi connectivity index (χ2v) is 10.6. The fourth-order valence-corrected chi connectivity index (χ4v) is 7.00. The maximum Gasteiger partial charge on any atom is 0.253 e. The Bertz CT molecular complexity index is 1230. The SMILES string of the molecule is Cc1c(Br)cc(/C=C/NN2C(=O)[C@@H]3C4c5ccccc5C(c5ccccc54)[C@H]3C2=O)cc1Br. The number of carbonyl (C=O) groups is 2. The van der Waals surface area contributed by atoms with Gasteiger partial charge in [0.25, 0.3) is 11.8 Å². The predicted molar refractivity (Wildman–Crippen MR) is 134 cm³/mol. The van der Waals surface area contributed by atoms with Crippen LogP contribution in [0.3, 0.4) is 0 Å². The van der Waals surface area contributed by atoms with Crippen LogP contribution in [0, 0.1) is 18.8 Å². The summed E-state index contributed by atoms with van der Waals surface area (Å²) in [6.07, 6.45) is 3.52. The van der Waals surface area contributed by atoms with Crippen molar-refractivity contribution in [3.63, 3.8) is 0 Å². The van der Waals surface area contributed by atoms with Gasteiger partial charge in [-0.1, -0.05) is 80.4 Å². The lowest BCUT2D eigenvalue weighted by atomic mass is 9.55. The molecule has 1 heterocycles. The normalized spacial score (nSPS) is 24.8. The van der Waals surface area contributed by atoms with Gasteiger partial charge in [-0.15, -0.1) is 0 Å². The zero-order valence-electron chi connectivity index (χ0n) is 17.8. The molecule has 2 bridgehead atoms. The van der Waals surface area contributed by atoms with Crippen LogP contribution in [0.2, 0.25) is 0 Å². The standard InChI is InChI=1S/C27H20Br2N2O2/c1-14-20(28)12-15(13-21(14)29)10-11-30-31-26(32)24-22-16-6-2-3-7-17(16)23(25(24)27(31)33)19-9-5-4-8-18(19)22/h2-13,22-25,30H,1H3/b11-10+/t22?,23?,24-,25-/m1/s1. The Morgan fingerprint density at radius 1 is 0.788 bits per heavy atom. The quantitative estimate of drug-likeness (QED) is 0.404. The highest BCUT2D eigenvalue weighted by atomic mass is 79.9. The smallest absolute Gasteiger partial charge is 0.253 e. The summed E-state index contributed by atoms with van der Waals surface area (Å²) in [5, 5.41) is 1.22. The van der Waals surface area contributed by atoms with Crippen molar-refractivity contribution in [1.29, 1.82) is 0 Å². The fourth-order valence-electron chi connectivity index (χ4n) is 5.77. The summed E-state index contributed by atoms with van der Waals surface area (Å²) in [7, 11) is 0. The second kappa shape index (κ2) is 7.67. The number of nitrogens with one attached hydrogen (secondary N) is 1. The van der Waals surface area contributed by atoms with E-state index in [9.17, 15) is 9.59 Å². The van der Waals surface area contributed by atoms with Crippen molar-refractivity contribution >= 4 is 49.8 Å². The van der Waals surface area contributed by atoms with Gasteiger partial charge in [0.15, 0.2) is 0 Å². The predicted octanol–water partition coefficient (Wildman–Crippen LogP) is 5.89. The maximum atomic E-state index is 13.5. The minimum atomic E-state index is -0.379. The fraction of sp³-hybridized carbons (Fsp3) is 0.185. The van der Waals surface area contributed by atoms with Crippen molar-refractivity contribution in [1.82, 2.24) is 10.4 Å². The van der Waals surface area contributed by atoms with Gasteiger partial charge in [-0.25, -0.2) is 0 Å². The minimum absolute atomic E-state index is 0.0939. The molecule has 3 aliphatic carbocycles. The van der Waals surface area contributed by atoms with Crippen molar-refractivity contribution in [3.8, 4) is 0 Å². The van der Waals surface area contributed by atoms with Gasteiger partial charge in [0, 0.05) is 27.0 Å². The van der Waals surface area contributed by atoms with Crippen LogP contribution in [-0.4, -0.2) is 16.8 Å². The number of carbonyl (C=O) groups excluding carboxylic acids is 2. The van der Waals surface area contributed by atoms with Crippen LogP contribution in [-0.2, 0) is 9.59 Å². The van der Waals surface area contributed by atoms with E-state index in [1.807, 2.05) is 49.4 Å². The first-order chi connectivity index (χ1) is 16.0. The lowest BCUT2D eigenvalue weighted by molar-refractivity contribution is -0.142. The third kappa shape index (κ3) is 3.00. The molecule has 6 heteroatoms. The van der Waals surface area contributed by atoms with Gasteiger partial charge < -0.3 is 0 Å². The molecule has 7 rings (SSSR count). The van der Waals surface area contributed by atoms with E-state index in [1.54, 1.807) is 6.20 Å². The van der Waals surface area contributed by atoms with E-state index >= 15 is 0 Å². The zero-order chi connectivity index (χ0) is 22.9. The molecule has 4 aliphatic rings. The van der Waals surface area contributed by atoms with E-state index < -0.39 is 0 Å². The molecule has 2 amide bonds. The first kappa shape index (κ1) is 20.9. The number of nitrogens with zero attached hydrogens (tertiary/aromatic N) is 1. The number of halogens is 2. The molecular weight excluding hydrogens is 544 g/mol. The third-order valence-electron chi connectivity index (χ3n) is 7.23. The molecule has 0 saturated carbocycles. The Morgan fingerprint density at radius 2 is 1.21 bits per heavy atom. The molecule has 3 aromatic rings.